The number of nitrogens with zero attached hydrogens (tertiary/aromatic N) is 8. The predicted molar refractivity (Wildman–Crippen MR) is 556 cm³/mol. The minimum atomic E-state index is -0.395. The summed E-state index contributed by atoms with van der Waals surface area (Å²) < 4.78 is 10.3. The van der Waals surface area contributed by atoms with Crippen molar-refractivity contribution in [1.29, 1.82) is 0 Å². The number of benzene rings is 16. The summed E-state index contributed by atoms with van der Waals surface area (Å²) in [4.78, 5) is 23.2. The molecular weight excluding hydrogens is 1620 g/mol. The summed E-state index contributed by atoms with van der Waals surface area (Å²) in [5.74, 6) is 1.74. The van der Waals surface area contributed by atoms with Gasteiger partial charge in [-0.2, -0.15) is 11.3 Å². The zero-order chi connectivity index (χ0) is 87.7. The number of thiophene rings is 2. The van der Waals surface area contributed by atoms with Crippen molar-refractivity contribution in [3.8, 4) is 11.5 Å². The molecule has 0 N–H and O–H groups in total. The Kier molecular flexibility index (Phi) is 18.5. The summed E-state index contributed by atoms with van der Waals surface area (Å²) >= 11 is 3.90. The molecule has 24 rings (SSSR count). The van der Waals surface area contributed by atoms with Crippen LogP contribution in [0.3, 0.4) is 0 Å². The molecule has 0 bridgehead atoms. The highest BCUT2D eigenvalue weighted by atomic mass is 32.1. The zero-order valence-electron chi connectivity index (χ0n) is 74.4. The molecule has 18 aromatic rings. The van der Waals surface area contributed by atoms with Crippen LogP contribution in [0.4, 0.5) is 136 Å². The molecule has 0 saturated heterocycles. The SMILES string of the molecule is Cc1ccccc1N1c2cc3c(cc2B2c4sc(C(C)(C)C)cc4Oc4cc(N(c5ccccc5)c5ccccc5)cc1c42)B1c2cc4c(cc2N(c2ccccc2C)c2cc(N(c5ccccc5)c5ccccc5)cc(c21)N3c1ccccc1C)N(c1ccccc1C)c1cc(N(c2ccccc2)c2ccccc2)cc2c1B4c1sc(C(C)(C)C)cc1N2c1ccccc1. The van der Waals surface area contributed by atoms with E-state index >= 15 is 0 Å². The van der Waals surface area contributed by atoms with Gasteiger partial charge in [-0.1, -0.05) is 254 Å². The molecular formula is C116H93B3N8OS2. The van der Waals surface area contributed by atoms with E-state index in [0.29, 0.717) is 0 Å². The number of anilines is 24. The van der Waals surface area contributed by atoms with Gasteiger partial charge in [0.1, 0.15) is 11.5 Å². The van der Waals surface area contributed by atoms with E-state index in [4.69, 9.17) is 4.74 Å². The largest absolute Gasteiger partial charge is 0.457 e. The summed E-state index contributed by atoms with van der Waals surface area (Å²) in [6.07, 6.45) is 0. The van der Waals surface area contributed by atoms with Crippen molar-refractivity contribution < 1.29 is 4.74 Å². The standard InChI is InChI=1S/C116H93B3N8OS2/c1-74-40-32-36-58-92(74)124-96-70-98-90(118-111-100(123(84-56-30-17-31-57-84)105-72-108(115(5,6)7)129-113(105)118)62-85(65-103(111)126(98)94-60-38-34-42-76(94)3)120(78-44-18-11-19-45-78)79-46-20-12-21-47-79)68-88(96)117-89-69-91-99(71-97(89)125(93-59-37-33-41-75(93)2)102-64-86(63-101(124)110(102)117)121(80-48-22-13-23-49-80)81-50-24-14-25-51-81)127(95-61-39-35-43-77(95)4)104-66-87(122(82-52-26-15-27-53-82)83-54-28-16-29-55-83)67-106-112(104)119(91)114-107(128-106)73-109(130-114)116(8,9)10/h11-73H,1-10H3. The quantitative estimate of drug-likeness (QED) is 0.0990. The van der Waals surface area contributed by atoms with E-state index in [1.807, 2.05) is 22.7 Å². The van der Waals surface area contributed by atoms with Crippen LogP contribution in [0.5, 0.6) is 11.5 Å². The normalized spacial score (nSPS) is 13.4. The molecule has 2 aromatic heterocycles. The van der Waals surface area contributed by atoms with E-state index in [1.165, 1.54) is 57.8 Å². The molecule has 0 amide bonds. The lowest BCUT2D eigenvalue weighted by Gasteiger charge is -2.48. The van der Waals surface area contributed by atoms with Crippen LogP contribution in [0, 0.1) is 27.7 Å². The first-order valence-corrected chi connectivity index (χ1v) is 46.9. The smallest absolute Gasteiger partial charge is 0.268 e. The van der Waals surface area contributed by atoms with Gasteiger partial charge in [0, 0.05) is 139 Å². The summed E-state index contributed by atoms with van der Waals surface area (Å²) in [5, 5.41) is 0. The van der Waals surface area contributed by atoms with Crippen LogP contribution in [0.15, 0.2) is 382 Å². The first kappa shape index (κ1) is 78.8. The molecule has 0 saturated carbocycles. The first-order chi connectivity index (χ1) is 63.4. The van der Waals surface area contributed by atoms with Gasteiger partial charge in [-0.15, -0.1) is 11.3 Å². The molecule has 14 heteroatoms. The summed E-state index contributed by atoms with van der Waals surface area (Å²) in [7, 11) is 0. The molecule has 9 nitrogen and oxygen atoms in total. The van der Waals surface area contributed by atoms with Gasteiger partial charge in [0.2, 0.25) is 0 Å². The second-order valence-electron chi connectivity index (χ2n) is 37.4. The van der Waals surface area contributed by atoms with Crippen molar-refractivity contribution in [3.05, 3.63) is 414 Å². The van der Waals surface area contributed by atoms with Crippen molar-refractivity contribution in [2.75, 3.05) is 39.2 Å². The lowest BCUT2D eigenvalue weighted by atomic mass is 9.30. The van der Waals surface area contributed by atoms with Crippen molar-refractivity contribution in [2.24, 2.45) is 0 Å². The number of rotatable bonds is 14. The Morgan fingerprint density at radius 3 is 0.846 bits per heavy atom. The van der Waals surface area contributed by atoms with Gasteiger partial charge in [0.05, 0.1) is 22.7 Å². The molecule has 130 heavy (non-hydrogen) atoms. The van der Waals surface area contributed by atoms with E-state index in [1.54, 1.807) is 0 Å². The fourth-order valence-corrected chi connectivity index (χ4v) is 23.9. The molecule has 16 aromatic carbocycles. The van der Waals surface area contributed by atoms with Gasteiger partial charge in [-0.25, -0.2) is 0 Å². The van der Waals surface area contributed by atoms with Gasteiger partial charge in [0.25, 0.3) is 20.1 Å². The average molecular weight is 1710 g/mol. The fraction of sp³-hybridized carbons (Fsp3) is 0.103. The minimum absolute atomic E-state index is 0.194. The number of aryl methyl sites for hydroxylation is 4. The molecule has 0 atom stereocenters. The van der Waals surface area contributed by atoms with Crippen LogP contribution >= 0.6 is 22.7 Å². The Labute approximate surface area is 771 Å². The Morgan fingerprint density at radius 1 is 0.223 bits per heavy atom. The Bertz CT molecular complexity index is 7410. The second-order valence-corrected chi connectivity index (χ2v) is 39.6. The topological polar surface area (TPSA) is 35.2 Å². The molecule has 0 fully saturated rings. The van der Waals surface area contributed by atoms with Gasteiger partial charge < -0.3 is 43.9 Å². The summed E-state index contributed by atoms with van der Waals surface area (Å²) in [6.45, 7) is 22.5. The van der Waals surface area contributed by atoms with Crippen LogP contribution < -0.4 is 91.7 Å². The Morgan fingerprint density at radius 2 is 0.500 bits per heavy atom. The van der Waals surface area contributed by atoms with Crippen LogP contribution in [0.2, 0.25) is 0 Å². The van der Waals surface area contributed by atoms with Crippen molar-refractivity contribution in [2.45, 2.75) is 80.1 Å². The molecule has 0 radical (unpaired) electrons. The van der Waals surface area contributed by atoms with E-state index in [0.717, 1.165) is 170 Å². The third-order valence-corrected chi connectivity index (χ3v) is 30.4. The maximum Gasteiger partial charge on any atom is 0.268 e. The molecule has 0 spiro atoms. The van der Waals surface area contributed by atoms with E-state index in [2.05, 4.69) is 491 Å². The second kappa shape index (κ2) is 30.5. The number of para-hydroxylation sites is 11. The monoisotopic (exact) mass is 1710 g/mol. The lowest BCUT2D eigenvalue weighted by Crippen LogP contribution is -2.66. The molecule has 6 aliphatic rings. The van der Waals surface area contributed by atoms with Crippen molar-refractivity contribution >= 4 is 227 Å². The third kappa shape index (κ3) is 12.6. The number of hydrogen-bond acceptors (Lipinski definition) is 11. The summed E-state index contributed by atoms with van der Waals surface area (Å²) in [6, 6.07) is 144. The fourth-order valence-electron chi connectivity index (χ4n) is 21.3. The maximum absolute atomic E-state index is 7.74. The van der Waals surface area contributed by atoms with Crippen molar-refractivity contribution in [1.82, 2.24) is 0 Å². The first-order valence-electron chi connectivity index (χ1n) is 45.3. The van der Waals surface area contributed by atoms with Gasteiger partial charge >= 0.3 is 0 Å². The van der Waals surface area contributed by atoms with Gasteiger partial charge in [0.15, 0.2) is 0 Å². The Hall–Kier alpha value is -14.7. The van der Waals surface area contributed by atoms with Crippen LogP contribution in [-0.2, 0) is 10.8 Å². The lowest BCUT2D eigenvalue weighted by molar-refractivity contribution is 0.487. The zero-order valence-corrected chi connectivity index (χ0v) is 76.0. The highest BCUT2D eigenvalue weighted by Gasteiger charge is 2.53. The number of ether oxygens (including phenoxy) is 1. The van der Waals surface area contributed by atoms with Crippen LogP contribution in [0.25, 0.3) is 0 Å². The van der Waals surface area contributed by atoms with Crippen LogP contribution in [0.1, 0.15) is 73.6 Å². The van der Waals surface area contributed by atoms with Crippen LogP contribution in [-0.4, -0.2) is 20.1 Å². The number of fused-ring (bicyclic) bond motifs is 12. The van der Waals surface area contributed by atoms with Gasteiger partial charge in [-0.05, 0) is 263 Å². The Balaban J connectivity index is 0.860. The minimum Gasteiger partial charge on any atom is -0.457 e. The molecule has 0 unspecified atom stereocenters. The number of hydrogen-bond donors (Lipinski definition) is 0. The summed E-state index contributed by atoms with van der Waals surface area (Å²) in [5.41, 5.74) is 38.8. The predicted octanol–water partition coefficient (Wildman–Crippen LogP) is 26.6. The maximum atomic E-state index is 7.74. The molecule has 8 heterocycles. The van der Waals surface area contributed by atoms with Crippen molar-refractivity contribution in [3.63, 3.8) is 0 Å². The molecule has 6 aliphatic heterocycles. The van der Waals surface area contributed by atoms with E-state index in [-0.39, 0.29) is 24.3 Å². The average Bonchev–Trinajstić information content (AvgIpc) is 0.818. The van der Waals surface area contributed by atoms with E-state index < -0.39 is 6.71 Å². The van der Waals surface area contributed by atoms with Gasteiger partial charge in [-0.3, -0.25) is 0 Å². The highest BCUT2D eigenvalue weighted by Crippen LogP contribution is 2.57. The molecule has 0 aliphatic carbocycles. The van der Waals surface area contributed by atoms with E-state index in [9.17, 15) is 0 Å². The third-order valence-electron chi connectivity index (χ3n) is 27.2. The highest BCUT2D eigenvalue weighted by molar-refractivity contribution is 7.30. The molecule has 624 valence electrons.